The maximum atomic E-state index is 12.2. The van der Waals surface area contributed by atoms with Gasteiger partial charge < -0.3 is 5.32 Å². The molecule has 0 atom stereocenters. The van der Waals surface area contributed by atoms with Crippen molar-refractivity contribution in [1.29, 1.82) is 0 Å². The van der Waals surface area contributed by atoms with Gasteiger partial charge in [-0.2, -0.15) is 0 Å². The molecule has 0 saturated carbocycles. The molecule has 0 aliphatic rings. The minimum absolute atomic E-state index is 0.0233. The second kappa shape index (κ2) is 7.06. The second-order valence-corrected chi connectivity index (χ2v) is 7.41. The van der Waals surface area contributed by atoms with Crippen LogP contribution in [0.5, 0.6) is 0 Å². The summed E-state index contributed by atoms with van der Waals surface area (Å²) in [5.74, 6) is 0.0233. The topological polar surface area (TPSA) is 42.0 Å². The molecule has 1 aromatic heterocycles. The molecule has 0 unspecified atom stereocenters. The first kappa shape index (κ1) is 17.2. The van der Waals surface area contributed by atoms with Gasteiger partial charge in [-0.25, -0.2) is 0 Å². The van der Waals surface area contributed by atoms with Gasteiger partial charge in [0, 0.05) is 23.7 Å². The third-order valence-corrected chi connectivity index (χ3v) is 4.35. The van der Waals surface area contributed by atoms with Crippen LogP contribution in [0.4, 0.5) is 5.69 Å². The first-order valence-electron chi connectivity index (χ1n) is 8.66. The molecule has 3 heteroatoms. The van der Waals surface area contributed by atoms with Crippen molar-refractivity contribution in [3.05, 3.63) is 71.9 Å². The molecule has 1 amide bonds. The van der Waals surface area contributed by atoms with E-state index in [0.29, 0.717) is 6.42 Å². The van der Waals surface area contributed by atoms with Crippen molar-refractivity contribution < 1.29 is 4.79 Å². The normalized spacial score (nSPS) is 11.5. The Labute approximate surface area is 149 Å². The van der Waals surface area contributed by atoms with E-state index in [1.54, 1.807) is 6.20 Å². The average molecular weight is 332 g/mol. The lowest BCUT2D eigenvalue weighted by atomic mass is 9.86. The molecule has 0 fully saturated rings. The summed E-state index contributed by atoms with van der Waals surface area (Å²) in [5.41, 5.74) is 4.32. The molecule has 128 valence electrons. The molecule has 1 heterocycles. The number of rotatable bonds is 4. The Morgan fingerprint density at radius 3 is 2.52 bits per heavy atom. The van der Waals surface area contributed by atoms with Crippen molar-refractivity contribution in [3.8, 4) is 0 Å². The molecule has 0 bridgehead atoms. The van der Waals surface area contributed by atoms with Crippen molar-refractivity contribution in [1.82, 2.24) is 4.98 Å². The molecule has 0 spiro atoms. The third-order valence-electron chi connectivity index (χ3n) is 4.35. The van der Waals surface area contributed by atoms with Crippen LogP contribution in [0.2, 0.25) is 0 Å². The van der Waals surface area contributed by atoms with Gasteiger partial charge in [0.15, 0.2) is 0 Å². The molecule has 3 aromatic rings. The molecule has 0 aliphatic carbocycles. The lowest BCUT2D eigenvalue weighted by Crippen LogP contribution is -2.13. The van der Waals surface area contributed by atoms with E-state index in [-0.39, 0.29) is 11.3 Å². The van der Waals surface area contributed by atoms with Crippen molar-refractivity contribution in [2.24, 2.45) is 0 Å². The molecular weight excluding hydrogens is 308 g/mol. The molecule has 25 heavy (non-hydrogen) atoms. The lowest BCUT2D eigenvalue weighted by Gasteiger charge is -2.19. The SMILES string of the molecule is CC(C)(C)c1ccc(CCC(=O)Nc2ccc3cccnc3c2)cc1. The van der Waals surface area contributed by atoms with Gasteiger partial charge in [-0.05, 0) is 41.2 Å². The fourth-order valence-corrected chi connectivity index (χ4v) is 2.80. The van der Waals surface area contributed by atoms with Crippen LogP contribution in [0, 0.1) is 0 Å². The molecule has 2 aromatic carbocycles. The number of carbonyl (C=O) groups is 1. The summed E-state index contributed by atoms with van der Waals surface area (Å²) >= 11 is 0. The van der Waals surface area contributed by atoms with Gasteiger partial charge in [-0.15, -0.1) is 0 Å². The molecule has 0 saturated heterocycles. The van der Waals surface area contributed by atoms with Gasteiger partial charge in [0.25, 0.3) is 0 Å². The summed E-state index contributed by atoms with van der Waals surface area (Å²) in [4.78, 5) is 16.5. The Balaban J connectivity index is 1.58. The van der Waals surface area contributed by atoms with E-state index in [2.05, 4.69) is 55.3 Å². The van der Waals surface area contributed by atoms with Crippen LogP contribution in [0.1, 0.15) is 38.3 Å². The second-order valence-electron chi connectivity index (χ2n) is 7.41. The summed E-state index contributed by atoms with van der Waals surface area (Å²) in [5, 5.41) is 4.03. The minimum atomic E-state index is 0.0233. The highest BCUT2D eigenvalue weighted by molar-refractivity contribution is 5.93. The van der Waals surface area contributed by atoms with Crippen LogP contribution in [0.3, 0.4) is 0 Å². The number of benzene rings is 2. The maximum absolute atomic E-state index is 12.2. The van der Waals surface area contributed by atoms with Gasteiger partial charge in [0.05, 0.1) is 5.52 Å². The number of hydrogen-bond donors (Lipinski definition) is 1. The highest BCUT2D eigenvalue weighted by atomic mass is 16.1. The fourth-order valence-electron chi connectivity index (χ4n) is 2.80. The minimum Gasteiger partial charge on any atom is -0.326 e. The van der Waals surface area contributed by atoms with Gasteiger partial charge in [0.2, 0.25) is 5.91 Å². The van der Waals surface area contributed by atoms with E-state index < -0.39 is 0 Å². The van der Waals surface area contributed by atoms with Gasteiger partial charge >= 0.3 is 0 Å². The van der Waals surface area contributed by atoms with Crippen LogP contribution < -0.4 is 5.32 Å². The zero-order chi connectivity index (χ0) is 17.9. The summed E-state index contributed by atoms with van der Waals surface area (Å²) in [6.07, 6.45) is 2.96. The fraction of sp³-hybridized carbons (Fsp3) is 0.273. The van der Waals surface area contributed by atoms with Gasteiger partial charge in [-0.1, -0.05) is 57.2 Å². The Hall–Kier alpha value is -2.68. The van der Waals surface area contributed by atoms with Crippen LogP contribution in [-0.2, 0) is 16.6 Å². The molecule has 0 aliphatic heterocycles. The summed E-state index contributed by atoms with van der Waals surface area (Å²) < 4.78 is 0. The number of nitrogens with zero attached hydrogens (tertiary/aromatic N) is 1. The Morgan fingerprint density at radius 1 is 1.04 bits per heavy atom. The van der Waals surface area contributed by atoms with Gasteiger partial charge in [0.1, 0.15) is 0 Å². The lowest BCUT2D eigenvalue weighted by molar-refractivity contribution is -0.116. The van der Waals surface area contributed by atoms with E-state index in [0.717, 1.165) is 23.0 Å². The molecule has 1 N–H and O–H groups in total. The molecular formula is C22H24N2O. The number of fused-ring (bicyclic) bond motifs is 1. The zero-order valence-electron chi connectivity index (χ0n) is 15.0. The van der Waals surface area contributed by atoms with E-state index >= 15 is 0 Å². The monoisotopic (exact) mass is 332 g/mol. The molecule has 3 rings (SSSR count). The van der Waals surface area contributed by atoms with Gasteiger partial charge in [-0.3, -0.25) is 9.78 Å². The Kier molecular flexibility index (Phi) is 4.84. The van der Waals surface area contributed by atoms with E-state index in [4.69, 9.17) is 0 Å². The van der Waals surface area contributed by atoms with Crippen LogP contribution in [-0.4, -0.2) is 10.9 Å². The largest absolute Gasteiger partial charge is 0.326 e. The maximum Gasteiger partial charge on any atom is 0.224 e. The zero-order valence-corrected chi connectivity index (χ0v) is 15.0. The van der Waals surface area contributed by atoms with E-state index in [1.807, 2.05) is 30.3 Å². The Bertz CT molecular complexity index is 876. The van der Waals surface area contributed by atoms with Crippen molar-refractivity contribution in [2.45, 2.75) is 39.0 Å². The molecule has 0 radical (unpaired) electrons. The number of amides is 1. The smallest absolute Gasteiger partial charge is 0.224 e. The van der Waals surface area contributed by atoms with E-state index in [9.17, 15) is 4.79 Å². The summed E-state index contributed by atoms with van der Waals surface area (Å²) in [7, 11) is 0. The number of aromatic nitrogens is 1. The highest BCUT2D eigenvalue weighted by Gasteiger charge is 2.13. The number of carbonyl (C=O) groups excluding carboxylic acids is 1. The summed E-state index contributed by atoms with van der Waals surface area (Å²) in [6, 6.07) is 18.3. The quantitative estimate of drug-likeness (QED) is 0.722. The number of pyridine rings is 1. The number of anilines is 1. The van der Waals surface area contributed by atoms with Crippen molar-refractivity contribution in [2.75, 3.05) is 5.32 Å². The number of hydrogen-bond acceptors (Lipinski definition) is 2. The summed E-state index contributed by atoms with van der Waals surface area (Å²) in [6.45, 7) is 6.61. The number of nitrogens with one attached hydrogen (secondary N) is 1. The van der Waals surface area contributed by atoms with Crippen LogP contribution in [0.25, 0.3) is 10.9 Å². The third kappa shape index (κ3) is 4.44. The predicted octanol–water partition coefficient (Wildman–Crippen LogP) is 5.10. The highest BCUT2D eigenvalue weighted by Crippen LogP contribution is 2.22. The molecule has 3 nitrogen and oxygen atoms in total. The average Bonchev–Trinajstić information content (AvgIpc) is 2.59. The standard InChI is InChI=1S/C22H24N2O/c1-22(2,3)18-10-6-16(7-11-18)8-13-21(25)24-19-12-9-17-5-4-14-23-20(17)15-19/h4-7,9-12,14-15H,8,13H2,1-3H3,(H,24,25). The Morgan fingerprint density at radius 2 is 1.80 bits per heavy atom. The predicted molar refractivity (Wildman–Crippen MR) is 104 cm³/mol. The van der Waals surface area contributed by atoms with E-state index in [1.165, 1.54) is 11.1 Å². The van der Waals surface area contributed by atoms with Crippen molar-refractivity contribution >= 4 is 22.5 Å². The first-order chi connectivity index (χ1) is 11.9. The first-order valence-corrected chi connectivity index (χ1v) is 8.66. The van der Waals surface area contributed by atoms with Crippen LogP contribution in [0.15, 0.2) is 60.8 Å². The van der Waals surface area contributed by atoms with Crippen molar-refractivity contribution in [3.63, 3.8) is 0 Å². The number of aryl methyl sites for hydroxylation is 1. The van der Waals surface area contributed by atoms with Crippen LogP contribution >= 0.6 is 0 Å².